The van der Waals surface area contributed by atoms with E-state index in [1.807, 2.05) is 20.8 Å². The van der Waals surface area contributed by atoms with Crippen molar-refractivity contribution in [3.63, 3.8) is 0 Å². The predicted molar refractivity (Wildman–Crippen MR) is 92.4 cm³/mol. The van der Waals surface area contributed by atoms with E-state index in [1.165, 1.54) is 12.4 Å². The number of aromatic nitrogens is 1. The number of nitrogens with one attached hydrogen (secondary N) is 1. The number of hydrogen-bond acceptors (Lipinski definition) is 4. The van der Waals surface area contributed by atoms with E-state index in [4.69, 9.17) is 5.73 Å². The topological polar surface area (TPSA) is 77.2 Å². The molecule has 0 bridgehead atoms. The molecule has 2 aromatic rings. The highest BCUT2D eigenvalue weighted by atomic mass is 19.4. The van der Waals surface area contributed by atoms with Gasteiger partial charge in [0, 0.05) is 35.6 Å². The Morgan fingerprint density at radius 3 is 2.19 bits per heavy atom. The molecule has 3 N–H and O–H groups in total. The van der Waals surface area contributed by atoms with E-state index in [2.05, 4.69) is 15.0 Å². The molecule has 1 heterocycles. The summed E-state index contributed by atoms with van der Waals surface area (Å²) >= 11 is 0. The Labute approximate surface area is 154 Å². The minimum absolute atomic E-state index is 0.129. The number of amides is 1. The van der Waals surface area contributed by atoms with Gasteiger partial charge < -0.3 is 15.8 Å². The third-order valence-corrected chi connectivity index (χ3v) is 3.02. The highest BCUT2D eigenvalue weighted by molar-refractivity contribution is 5.92. The van der Waals surface area contributed by atoms with Gasteiger partial charge in [0.1, 0.15) is 11.6 Å². The van der Waals surface area contributed by atoms with Gasteiger partial charge in [-0.2, -0.15) is 0 Å². The molecule has 5 nitrogen and oxygen atoms in total. The Bertz CT molecular complexity index is 745. The molecule has 1 aromatic carbocycles. The number of nitrogens with two attached hydrogens (primary N) is 1. The van der Waals surface area contributed by atoms with Crippen LogP contribution in [0.15, 0.2) is 42.7 Å². The van der Waals surface area contributed by atoms with Gasteiger partial charge in [-0.05, 0) is 51.1 Å². The van der Waals surface area contributed by atoms with Crippen molar-refractivity contribution < 1.29 is 27.1 Å². The normalized spacial score (nSPS) is 11.4. The average molecular weight is 387 g/mol. The molecule has 9 heteroatoms. The standard InChI is InChI=1S/C12H15F4NO.C6H6N2O/c1-11(2,3)17-7-8-6-9(4-5-10(8)13)18-12(14,15)16;7-6(9)5-1-3-8-4-2-5/h4-6,17H,7H2,1-3H3;1-4H,(H2,7,9). The lowest BCUT2D eigenvalue weighted by atomic mass is 10.1. The Morgan fingerprint density at radius 2 is 1.74 bits per heavy atom. The van der Waals surface area contributed by atoms with Gasteiger partial charge in [0.15, 0.2) is 0 Å². The van der Waals surface area contributed by atoms with Gasteiger partial charge in [0.05, 0.1) is 0 Å². The van der Waals surface area contributed by atoms with Crippen molar-refractivity contribution in [1.29, 1.82) is 0 Å². The fourth-order valence-electron chi connectivity index (χ4n) is 1.76. The summed E-state index contributed by atoms with van der Waals surface area (Å²) in [5, 5.41) is 2.99. The van der Waals surface area contributed by atoms with Crippen molar-refractivity contribution in [3.05, 3.63) is 59.7 Å². The molecule has 0 spiro atoms. The third-order valence-electron chi connectivity index (χ3n) is 3.02. The van der Waals surface area contributed by atoms with Crippen molar-refractivity contribution in [1.82, 2.24) is 10.3 Å². The molecule has 0 atom stereocenters. The second kappa shape index (κ2) is 9.31. The van der Waals surface area contributed by atoms with Crippen LogP contribution in [0, 0.1) is 5.82 Å². The second-order valence-electron chi connectivity index (χ2n) is 6.50. The first-order valence-electron chi connectivity index (χ1n) is 7.86. The number of nitrogens with zero attached hydrogens (tertiary/aromatic N) is 1. The molecular weight excluding hydrogens is 366 g/mol. The van der Waals surface area contributed by atoms with Gasteiger partial charge >= 0.3 is 6.36 Å². The lowest BCUT2D eigenvalue weighted by Crippen LogP contribution is -2.35. The zero-order valence-electron chi connectivity index (χ0n) is 15.1. The largest absolute Gasteiger partial charge is 0.573 e. The van der Waals surface area contributed by atoms with Gasteiger partial charge in [0.2, 0.25) is 5.91 Å². The molecule has 0 unspecified atom stereocenters. The molecule has 27 heavy (non-hydrogen) atoms. The first-order valence-corrected chi connectivity index (χ1v) is 7.86. The number of hydrogen-bond donors (Lipinski definition) is 2. The molecule has 1 amide bonds. The van der Waals surface area contributed by atoms with Crippen molar-refractivity contribution in [3.8, 4) is 5.75 Å². The zero-order valence-corrected chi connectivity index (χ0v) is 15.1. The monoisotopic (exact) mass is 387 g/mol. The Morgan fingerprint density at radius 1 is 1.15 bits per heavy atom. The maximum absolute atomic E-state index is 13.4. The van der Waals surface area contributed by atoms with Gasteiger partial charge in [-0.15, -0.1) is 13.2 Å². The van der Waals surface area contributed by atoms with Crippen molar-refractivity contribution in [2.75, 3.05) is 0 Å². The molecule has 148 valence electrons. The fraction of sp³-hybridized carbons (Fsp3) is 0.333. The number of benzene rings is 1. The number of pyridine rings is 1. The van der Waals surface area contributed by atoms with Crippen LogP contribution in [0.2, 0.25) is 0 Å². The number of halogens is 4. The van der Waals surface area contributed by atoms with Crippen LogP contribution in [0.1, 0.15) is 36.7 Å². The maximum atomic E-state index is 13.4. The number of carbonyl (C=O) groups excluding carboxylic acids is 1. The molecule has 0 saturated heterocycles. The molecule has 0 fully saturated rings. The minimum Gasteiger partial charge on any atom is -0.406 e. The van der Waals surface area contributed by atoms with Crippen LogP contribution in [0.4, 0.5) is 17.6 Å². The quantitative estimate of drug-likeness (QED) is 0.783. The summed E-state index contributed by atoms with van der Waals surface area (Å²) < 4.78 is 53.2. The van der Waals surface area contributed by atoms with Crippen LogP contribution in [-0.4, -0.2) is 22.8 Å². The van der Waals surface area contributed by atoms with E-state index in [9.17, 15) is 22.4 Å². The van der Waals surface area contributed by atoms with Crippen LogP contribution in [-0.2, 0) is 6.54 Å². The first kappa shape index (κ1) is 22.4. The van der Waals surface area contributed by atoms with Gasteiger partial charge in [-0.3, -0.25) is 9.78 Å². The number of primary amides is 1. The van der Waals surface area contributed by atoms with Crippen molar-refractivity contribution in [2.24, 2.45) is 5.73 Å². The van der Waals surface area contributed by atoms with Crippen LogP contribution in [0.25, 0.3) is 0 Å². The summed E-state index contributed by atoms with van der Waals surface area (Å²) in [6.45, 7) is 5.76. The molecule has 0 saturated carbocycles. The SMILES string of the molecule is CC(C)(C)NCc1cc(OC(F)(F)F)ccc1F.NC(=O)c1ccncc1. The first-order chi connectivity index (χ1) is 12.4. The van der Waals surface area contributed by atoms with Crippen molar-refractivity contribution in [2.45, 2.75) is 39.2 Å². The van der Waals surface area contributed by atoms with E-state index in [1.54, 1.807) is 12.1 Å². The lowest BCUT2D eigenvalue weighted by molar-refractivity contribution is -0.274. The van der Waals surface area contributed by atoms with E-state index in [-0.39, 0.29) is 17.6 Å². The number of carbonyl (C=O) groups is 1. The van der Waals surface area contributed by atoms with Crippen LogP contribution >= 0.6 is 0 Å². The molecule has 0 aliphatic carbocycles. The van der Waals surface area contributed by atoms with E-state index in [0.717, 1.165) is 18.2 Å². The van der Waals surface area contributed by atoms with E-state index in [0.29, 0.717) is 5.56 Å². The van der Waals surface area contributed by atoms with Crippen molar-refractivity contribution >= 4 is 5.91 Å². The highest BCUT2D eigenvalue weighted by Crippen LogP contribution is 2.24. The Kier molecular flexibility index (Phi) is 7.71. The number of alkyl halides is 3. The Balaban J connectivity index is 0.000000337. The second-order valence-corrected chi connectivity index (χ2v) is 6.50. The Hall–Kier alpha value is -2.68. The van der Waals surface area contributed by atoms with Crippen LogP contribution in [0.3, 0.4) is 0 Å². The smallest absolute Gasteiger partial charge is 0.406 e. The van der Waals surface area contributed by atoms with E-state index >= 15 is 0 Å². The summed E-state index contributed by atoms with van der Waals surface area (Å²) in [6.07, 6.45) is -1.72. The average Bonchev–Trinajstić information content (AvgIpc) is 2.54. The van der Waals surface area contributed by atoms with Crippen LogP contribution in [0.5, 0.6) is 5.75 Å². The maximum Gasteiger partial charge on any atom is 0.573 e. The molecule has 0 aliphatic heterocycles. The van der Waals surface area contributed by atoms with Crippen LogP contribution < -0.4 is 15.8 Å². The third kappa shape index (κ3) is 9.55. The molecular formula is C18H21F4N3O2. The summed E-state index contributed by atoms with van der Waals surface area (Å²) in [7, 11) is 0. The fourth-order valence-corrected chi connectivity index (χ4v) is 1.76. The lowest BCUT2D eigenvalue weighted by Gasteiger charge is -2.21. The highest BCUT2D eigenvalue weighted by Gasteiger charge is 2.31. The molecule has 0 aliphatic rings. The predicted octanol–water partition coefficient (Wildman–Crippen LogP) is 3.79. The van der Waals surface area contributed by atoms with E-state index < -0.39 is 23.8 Å². The zero-order chi connectivity index (χ0) is 20.7. The van der Waals surface area contributed by atoms with Gasteiger partial charge in [-0.1, -0.05) is 0 Å². The summed E-state index contributed by atoms with van der Waals surface area (Å²) in [5.41, 5.74) is 5.31. The molecule has 2 rings (SSSR count). The summed E-state index contributed by atoms with van der Waals surface area (Å²) in [4.78, 5) is 14.1. The van der Waals surface area contributed by atoms with Gasteiger partial charge in [0.25, 0.3) is 0 Å². The molecule has 0 radical (unpaired) electrons. The minimum atomic E-state index is -4.77. The summed E-state index contributed by atoms with van der Waals surface area (Å²) in [6, 6.07) is 6.09. The molecule has 1 aromatic heterocycles. The summed E-state index contributed by atoms with van der Waals surface area (Å²) in [5.74, 6) is -1.41. The number of rotatable bonds is 4. The van der Waals surface area contributed by atoms with Gasteiger partial charge in [-0.25, -0.2) is 4.39 Å². The number of ether oxygens (including phenoxy) is 1.